The van der Waals surface area contributed by atoms with Crippen molar-refractivity contribution in [2.45, 2.75) is 38.5 Å². The Hall–Kier alpha value is -6.44. The van der Waals surface area contributed by atoms with Gasteiger partial charge in [0.2, 0.25) is 0 Å². The molecule has 0 unspecified atom stereocenters. The van der Waals surface area contributed by atoms with Crippen LogP contribution in [0, 0.1) is 0 Å². The molecule has 0 spiro atoms. The molecule has 0 amide bonds. The Labute approximate surface area is 320 Å². The number of rotatable bonds is 2. The van der Waals surface area contributed by atoms with Gasteiger partial charge >= 0.3 is 0 Å². The molecular weight excluding hydrogens is 665 g/mol. The smallest absolute Gasteiger partial charge is 0.143 e. The van der Waals surface area contributed by atoms with E-state index in [9.17, 15) is 0 Å². The topological polar surface area (TPSA) is 13.1 Å². The van der Waals surface area contributed by atoms with E-state index in [-0.39, 0.29) is 10.8 Å². The summed E-state index contributed by atoms with van der Waals surface area (Å²) in [4.78, 5) is 0. The fourth-order valence-electron chi connectivity index (χ4n) is 10.7. The van der Waals surface area contributed by atoms with Gasteiger partial charge in [-0.1, -0.05) is 167 Å². The average Bonchev–Trinajstić information content (AvgIpc) is 3.79. The summed E-state index contributed by atoms with van der Waals surface area (Å²) in [5, 5.41) is 9.96. The monoisotopic (exact) mass is 702 g/mol. The van der Waals surface area contributed by atoms with Crippen LogP contribution in [0.25, 0.3) is 98.8 Å². The second-order valence-corrected chi connectivity index (χ2v) is 16.8. The zero-order chi connectivity index (χ0) is 36.8. The maximum atomic E-state index is 6.67. The van der Waals surface area contributed by atoms with Crippen molar-refractivity contribution in [1.82, 2.24) is 0 Å². The van der Waals surface area contributed by atoms with E-state index >= 15 is 0 Å². The highest BCUT2D eigenvalue weighted by Crippen LogP contribution is 2.58. The predicted molar refractivity (Wildman–Crippen MR) is 232 cm³/mol. The normalized spacial score (nSPS) is 14.8. The molecule has 1 nitrogen and oxygen atoms in total. The molecular formula is C54H38O. The van der Waals surface area contributed by atoms with Crippen LogP contribution in [-0.2, 0) is 10.8 Å². The molecule has 55 heavy (non-hydrogen) atoms. The van der Waals surface area contributed by atoms with E-state index in [1.165, 1.54) is 110 Å². The maximum absolute atomic E-state index is 6.67. The minimum Gasteiger partial charge on any atom is -0.455 e. The largest absolute Gasteiger partial charge is 0.455 e. The van der Waals surface area contributed by atoms with Gasteiger partial charge in [-0.05, 0) is 112 Å². The van der Waals surface area contributed by atoms with Crippen LogP contribution in [0.5, 0.6) is 0 Å². The zero-order valence-electron chi connectivity index (χ0n) is 31.4. The summed E-state index contributed by atoms with van der Waals surface area (Å²) in [7, 11) is 0. The van der Waals surface area contributed by atoms with Crippen LogP contribution >= 0.6 is 0 Å². The van der Waals surface area contributed by atoms with E-state index in [0.717, 1.165) is 11.2 Å². The SMILES string of the molecule is CC1(C)c2ccccc2-c2ccc(-c3c4ccccc4c(-c4ccc5c(c4)-c4c(c6c7ccccc7oc6c6ccccc46)C5(C)C)c4ccccc34)cc21. The van der Waals surface area contributed by atoms with Crippen LogP contribution in [0.2, 0.25) is 0 Å². The molecule has 12 rings (SSSR count). The van der Waals surface area contributed by atoms with Gasteiger partial charge in [0.05, 0.1) is 0 Å². The molecule has 0 radical (unpaired) electrons. The lowest BCUT2D eigenvalue weighted by atomic mass is 9.79. The molecule has 2 aliphatic rings. The average molecular weight is 703 g/mol. The number of benzene rings is 9. The van der Waals surface area contributed by atoms with Crippen LogP contribution in [0.4, 0.5) is 0 Å². The summed E-state index contributed by atoms with van der Waals surface area (Å²) in [6.07, 6.45) is 0. The van der Waals surface area contributed by atoms with Crippen molar-refractivity contribution in [2.75, 3.05) is 0 Å². The Morgan fingerprint density at radius 1 is 0.364 bits per heavy atom. The first kappa shape index (κ1) is 31.0. The summed E-state index contributed by atoms with van der Waals surface area (Å²) < 4.78 is 6.67. The van der Waals surface area contributed by atoms with Crippen LogP contribution in [0.3, 0.4) is 0 Å². The quantitative estimate of drug-likeness (QED) is 0.163. The minimum atomic E-state index is -0.215. The van der Waals surface area contributed by atoms with Gasteiger partial charge in [-0.2, -0.15) is 0 Å². The van der Waals surface area contributed by atoms with E-state index in [1.54, 1.807) is 0 Å². The molecule has 1 heterocycles. The Bertz CT molecular complexity index is 3260. The second kappa shape index (κ2) is 10.6. The van der Waals surface area contributed by atoms with Gasteiger partial charge in [-0.25, -0.2) is 0 Å². The summed E-state index contributed by atoms with van der Waals surface area (Å²) >= 11 is 0. The Balaban J connectivity index is 1.13. The molecule has 1 heteroatoms. The predicted octanol–water partition coefficient (Wildman–Crippen LogP) is 15.0. The lowest BCUT2D eigenvalue weighted by Crippen LogP contribution is -2.15. The van der Waals surface area contributed by atoms with E-state index < -0.39 is 0 Å². The minimum absolute atomic E-state index is 0.0690. The summed E-state index contributed by atoms with van der Waals surface area (Å²) in [5.41, 5.74) is 17.6. The summed E-state index contributed by atoms with van der Waals surface area (Å²) in [5.74, 6) is 0. The highest BCUT2D eigenvalue weighted by Gasteiger charge is 2.40. The van der Waals surface area contributed by atoms with Crippen molar-refractivity contribution in [1.29, 1.82) is 0 Å². The van der Waals surface area contributed by atoms with Crippen molar-refractivity contribution in [3.63, 3.8) is 0 Å². The molecule has 0 saturated heterocycles. The summed E-state index contributed by atoms with van der Waals surface area (Å²) in [6, 6.07) is 58.9. The second-order valence-electron chi connectivity index (χ2n) is 16.8. The maximum Gasteiger partial charge on any atom is 0.143 e. The lowest BCUT2D eigenvalue weighted by Gasteiger charge is -2.23. The molecule has 260 valence electrons. The fraction of sp³-hybridized carbons (Fsp3) is 0.111. The Morgan fingerprint density at radius 2 is 0.855 bits per heavy atom. The Kier molecular flexibility index (Phi) is 5.98. The number of hydrogen-bond donors (Lipinski definition) is 0. The van der Waals surface area contributed by atoms with Crippen LogP contribution < -0.4 is 0 Å². The third kappa shape index (κ3) is 3.93. The molecule has 0 aliphatic heterocycles. The molecule has 0 bridgehead atoms. The number of para-hydroxylation sites is 1. The van der Waals surface area contributed by atoms with Gasteiger partial charge in [-0.15, -0.1) is 0 Å². The first-order chi connectivity index (χ1) is 26.8. The number of hydrogen-bond acceptors (Lipinski definition) is 1. The molecule has 0 saturated carbocycles. The number of fused-ring (bicyclic) bond motifs is 15. The molecule has 10 aromatic rings. The molecule has 9 aromatic carbocycles. The molecule has 1 aromatic heterocycles. The molecule has 0 fully saturated rings. The molecule has 0 N–H and O–H groups in total. The Morgan fingerprint density at radius 3 is 1.53 bits per heavy atom. The third-order valence-electron chi connectivity index (χ3n) is 13.2. The van der Waals surface area contributed by atoms with Crippen molar-refractivity contribution in [3.8, 4) is 44.5 Å². The van der Waals surface area contributed by atoms with Gasteiger partial charge in [0, 0.05) is 27.0 Å². The van der Waals surface area contributed by atoms with Gasteiger partial charge < -0.3 is 4.42 Å². The van der Waals surface area contributed by atoms with Crippen molar-refractivity contribution < 1.29 is 4.42 Å². The first-order valence-electron chi connectivity index (χ1n) is 19.5. The lowest BCUT2D eigenvalue weighted by molar-refractivity contribution is 0.659. The highest BCUT2D eigenvalue weighted by molar-refractivity contribution is 6.25. The van der Waals surface area contributed by atoms with Crippen LogP contribution in [-0.4, -0.2) is 0 Å². The van der Waals surface area contributed by atoms with E-state index in [0.29, 0.717) is 0 Å². The molecule has 2 aliphatic carbocycles. The molecule has 0 atom stereocenters. The standard InChI is InChI=1S/C54H38O/c1-53(2)43-23-13-11-15-33(43)34-27-25-32(30-45(34)53)48-37-18-7-5-16-35(37)47(36-17-6-8-19-38(36)48)31-26-28-44-42(29-31)49-39-20-9-10-21-40(39)52-50(51(49)54(44,3)4)41-22-12-14-24-46(41)55-52/h5-30H,1-4H3. The fourth-order valence-corrected chi connectivity index (χ4v) is 10.7. The van der Waals surface area contributed by atoms with Gasteiger partial charge in [0.15, 0.2) is 0 Å². The van der Waals surface area contributed by atoms with Crippen molar-refractivity contribution >= 4 is 54.3 Å². The van der Waals surface area contributed by atoms with Crippen molar-refractivity contribution in [2.24, 2.45) is 0 Å². The third-order valence-corrected chi connectivity index (χ3v) is 13.2. The van der Waals surface area contributed by atoms with Gasteiger partial charge in [0.25, 0.3) is 0 Å². The van der Waals surface area contributed by atoms with Crippen LogP contribution in [0.1, 0.15) is 49.9 Å². The zero-order valence-corrected chi connectivity index (χ0v) is 31.4. The van der Waals surface area contributed by atoms with E-state index in [2.05, 4.69) is 185 Å². The van der Waals surface area contributed by atoms with Gasteiger partial charge in [-0.3, -0.25) is 0 Å². The summed E-state index contributed by atoms with van der Waals surface area (Å²) in [6.45, 7) is 9.53. The van der Waals surface area contributed by atoms with Crippen LogP contribution in [0.15, 0.2) is 162 Å². The van der Waals surface area contributed by atoms with Crippen molar-refractivity contribution in [3.05, 3.63) is 180 Å². The van der Waals surface area contributed by atoms with E-state index in [4.69, 9.17) is 4.42 Å². The van der Waals surface area contributed by atoms with Gasteiger partial charge in [0.1, 0.15) is 11.2 Å². The first-order valence-corrected chi connectivity index (χ1v) is 19.5. The number of furan rings is 1. The highest BCUT2D eigenvalue weighted by atomic mass is 16.3. The van der Waals surface area contributed by atoms with E-state index in [1.807, 2.05) is 0 Å².